The zero-order chi connectivity index (χ0) is 23.6. The molecule has 1 amide bonds. The number of carbonyl (C=O) groups excluding carboxylic acids is 3. The summed E-state index contributed by atoms with van der Waals surface area (Å²) in [5, 5.41) is 3.35. The smallest absolute Gasteiger partial charge is 0.419 e. The number of alkyl carbamates (subject to hydrolysis) is 1. The lowest BCUT2D eigenvalue weighted by molar-refractivity contribution is -0.143. The molecule has 0 saturated carbocycles. The van der Waals surface area contributed by atoms with Crippen molar-refractivity contribution in [2.75, 3.05) is 7.11 Å². The second-order valence-corrected chi connectivity index (χ2v) is 10.1. The van der Waals surface area contributed by atoms with Gasteiger partial charge in [0.15, 0.2) is 0 Å². The van der Waals surface area contributed by atoms with Crippen molar-refractivity contribution in [3.63, 3.8) is 0 Å². The van der Waals surface area contributed by atoms with Crippen molar-refractivity contribution in [1.29, 1.82) is 0 Å². The third-order valence-electron chi connectivity index (χ3n) is 4.08. The number of methoxy groups -OCH3 is 1. The van der Waals surface area contributed by atoms with Crippen LogP contribution in [0, 0.1) is 3.70 Å². The lowest BCUT2D eigenvalue weighted by Crippen LogP contribution is -2.45. The van der Waals surface area contributed by atoms with Crippen LogP contribution < -0.4 is 5.32 Å². The fourth-order valence-corrected chi connectivity index (χ4v) is 3.91. The van der Waals surface area contributed by atoms with E-state index in [1.54, 1.807) is 47.6 Å². The second kappa shape index (κ2) is 9.46. The summed E-state index contributed by atoms with van der Waals surface area (Å²) in [6.45, 7) is 10.6. The number of aromatic nitrogens is 1. The van der Waals surface area contributed by atoms with Crippen LogP contribution in [0.15, 0.2) is 24.3 Å². The molecule has 1 heterocycles. The minimum atomic E-state index is -0.994. The summed E-state index contributed by atoms with van der Waals surface area (Å²) < 4.78 is 17.8. The summed E-state index contributed by atoms with van der Waals surface area (Å²) in [5.74, 6) is -0.615. The number of hydrogen-bond acceptors (Lipinski definition) is 6. The Balaban J connectivity index is 2.46. The fraction of sp³-hybridized carbons (Fsp3) is 0.500. The third kappa shape index (κ3) is 6.59. The molecule has 0 spiro atoms. The van der Waals surface area contributed by atoms with E-state index in [9.17, 15) is 14.4 Å². The SMILES string of the molecule is COC(=O)[C@H](Cc1c(I)n(C(=O)OC(C)(C)C)c2ccccc12)NC(=O)OC(C)(C)C. The molecule has 1 N–H and O–H groups in total. The zero-order valence-electron chi connectivity index (χ0n) is 18.9. The van der Waals surface area contributed by atoms with Gasteiger partial charge in [0.25, 0.3) is 0 Å². The van der Waals surface area contributed by atoms with E-state index in [-0.39, 0.29) is 6.42 Å². The minimum absolute atomic E-state index is 0.112. The van der Waals surface area contributed by atoms with Gasteiger partial charge in [-0.25, -0.2) is 19.0 Å². The van der Waals surface area contributed by atoms with Gasteiger partial charge in [-0.3, -0.25) is 0 Å². The topological polar surface area (TPSA) is 95.9 Å². The van der Waals surface area contributed by atoms with Crippen LogP contribution in [0.2, 0.25) is 0 Å². The number of ether oxygens (including phenoxy) is 3. The highest BCUT2D eigenvalue weighted by atomic mass is 127. The second-order valence-electron chi connectivity index (χ2n) is 9.03. The lowest BCUT2D eigenvalue weighted by atomic mass is 10.1. The van der Waals surface area contributed by atoms with E-state index in [0.717, 1.165) is 5.39 Å². The molecule has 1 aromatic carbocycles. The average molecular weight is 544 g/mol. The Bertz CT molecular complexity index is 984. The van der Waals surface area contributed by atoms with Gasteiger partial charge in [0.1, 0.15) is 17.2 Å². The van der Waals surface area contributed by atoms with Crippen molar-refractivity contribution in [3.05, 3.63) is 33.5 Å². The number of halogens is 1. The van der Waals surface area contributed by atoms with Gasteiger partial charge in [-0.2, -0.15) is 0 Å². The maximum absolute atomic E-state index is 12.9. The van der Waals surface area contributed by atoms with Gasteiger partial charge in [0.05, 0.1) is 16.3 Å². The number of amides is 1. The van der Waals surface area contributed by atoms with E-state index in [4.69, 9.17) is 14.2 Å². The van der Waals surface area contributed by atoms with E-state index >= 15 is 0 Å². The summed E-state index contributed by atoms with van der Waals surface area (Å²) in [4.78, 5) is 37.5. The Hall–Kier alpha value is -2.30. The van der Waals surface area contributed by atoms with Crippen molar-refractivity contribution in [2.45, 2.75) is 65.2 Å². The first-order valence-corrected chi connectivity index (χ1v) is 10.9. The molecular weight excluding hydrogens is 515 g/mol. The molecule has 2 aromatic rings. The number of nitrogens with one attached hydrogen (secondary N) is 1. The van der Waals surface area contributed by atoms with Crippen LogP contribution >= 0.6 is 22.6 Å². The zero-order valence-corrected chi connectivity index (χ0v) is 21.0. The average Bonchev–Trinajstić information content (AvgIpc) is 2.89. The summed E-state index contributed by atoms with van der Waals surface area (Å²) >= 11 is 2.05. The summed E-state index contributed by atoms with van der Waals surface area (Å²) in [7, 11) is 1.25. The molecule has 1 atom stereocenters. The fourth-order valence-electron chi connectivity index (χ4n) is 2.95. The van der Waals surface area contributed by atoms with Gasteiger partial charge >= 0.3 is 18.2 Å². The normalized spacial score (nSPS) is 12.9. The largest absolute Gasteiger partial charge is 0.467 e. The van der Waals surface area contributed by atoms with E-state index in [1.165, 1.54) is 11.7 Å². The van der Waals surface area contributed by atoms with Crippen molar-refractivity contribution in [3.8, 4) is 0 Å². The van der Waals surface area contributed by atoms with Crippen LogP contribution in [0.4, 0.5) is 9.59 Å². The van der Waals surface area contributed by atoms with Crippen LogP contribution in [-0.4, -0.2) is 47.1 Å². The van der Waals surface area contributed by atoms with E-state index < -0.39 is 35.4 Å². The monoisotopic (exact) mass is 544 g/mol. The number of para-hydroxylation sites is 1. The predicted molar refractivity (Wildman–Crippen MR) is 125 cm³/mol. The molecule has 31 heavy (non-hydrogen) atoms. The highest BCUT2D eigenvalue weighted by Gasteiger charge is 2.30. The molecule has 0 saturated heterocycles. The molecular formula is C22H29IN2O6. The molecule has 170 valence electrons. The first-order chi connectivity index (χ1) is 14.2. The first kappa shape index (κ1) is 25.0. The number of rotatable bonds is 4. The Morgan fingerprint density at radius 2 is 1.61 bits per heavy atom. The van der Waals surface area contributed by atoms with Crippen molar-refractivity contribution >= 4 is 51.6 Å². The van der Waals surface area contributed by atoms with Gasteiger partial charge in [-0.05, 0) is 75.8 Å². The van der Waals surface area contributed by atoms with Crippen molar-refractivity contribution < 1.29 is 28.6 Å². The molecule has 2 rings (SSSR count). The Kier molecular flexibility index (Phi) is 7.61. The standard InChI is InChI=1S/C22H29IN2O6/c1-21(2,3)30-19(27)24-15(18(26)29-7)12-14-13-10-8-9-11-16(13)25(17(14)23)20(28)31-22(4,5)6/h8-11,15H,12H2,1-7H3,(H,24,27)/t15-/m0/s1. The number of benzene rings is 1. The molecule has 8 nitrogen and oxygen atoms in total. The Labute approximate surface area is 195 Å². The van der Waals surface area contributed by atoms with Gasteiger partial charge in [-0.1, -0.05) is 18.2 Å². The molecule has 0 aliphatic rings. The summed E-state index contributed by atoms with van der Waals surface area (Å²) in [6.07, 6.45) is -1.14. The maximum Gasteiger partial charge on any atom is 0.419 e. The molecule has 9 heteroatoms. The molecule has 0 bridgehead atoms. The predicted octanol–water partition coefficient (Wildman–Crippen LogP) is 4.64. The lowest BCUT2D eigenvalue weighted by Gasteiger charge is -2.22. The van der Waals surface area contributed by atoms with Gasteiger partial charge in [-0.15, -0.1) is 0 Å². The highest BCUT2D eigenvalue weighted by molar-refractivity contribution is 14.1. The van der Waals surface area contributed by atoms with Crippen LogP contribution in [0.5, 0.6) is 0 Å². The Morgan fingerprint density at radius 1 is 1.03 bits per heavy atom. The summed E-state index contributed by atoms with van der Waals surface area (Å²) in [5.41, 5.74) is -0.0182. The third-order valence-corrected chi connectivity index (χ3v) is 5.21. The minimum Gasteiger partial charge on any atom is -0.467 e. The molecule has 1 aromatic heterocycles. The molecule has 0 aliphatic carbocycles. The van der Waals surface area contributed by atoms with Gasteiger partial charge < -0.3 is 19.5 Å². The first-order valence-electron chi connectivity index (χ1n) is 9.82. The van der Waals surface area contributed by atoms with Crippen LogP contribution in [0.25, 0.3) is 10.9 Å². The van der Waals surface area contributed by atoms with Gasteiger partial charge in [0.2, 0.25) is 0 Å². The maximum atomic E-state index is 12.9. The number of fused-ring (bicyclic) bond motifs is 1. The number of carbonyl (C=O) groups is 3. The van der Waals surface area contributed by atoms with Crippen LogP contribution in [-0.2, 0) is 25.4 Å². The van der Waals surface area contributed by atoms with E-state index in [2.05, 4.69) is 27.9 Å². The molecule has 0 aliphatic heterocycles. The molecule has 0 fully saturated rings. The Morgan fingerprint density at radius 3 is 2.16 bits per heavy atom. The van der Waals surface area contributed by atoms with Gasteiger partial charge in [0, 0.05) is 11.8 Å². The van der Waals surface area contributed by atoms with E-state index in [1.807, 2.05) is 18.2 Å². The number of nitrogens with zero attached hydrogens (tertiary/aromatic N) is 1. The van der Waals surface area contributed by atoms with Crippen molar-refractivity contribution in [1.82, 2.24) is 9.88 Å². The molecule has 0 radical (unpaired) electrons. The number of esters is 1. The molecule has 0 unspecified atom stereocenters. The van der Waals surface area contributed by atoms with Crippen LogP contribution in [0.3, 0.4) is 0 Å². The van der Waals surface area contributed by atoms with Crippen LogP contribution in [0.1, 0.15) is 47.1 Å². The van der Waals surface area contributed by atoms with Crippen molar-refractivity contribution in [2.24, 2.45) is 0 Å². The summed E-state index contributed by atoms with van der Waals surface area (Å²) in [6, 6.07) is 6.33. The quantitative estimate of drug-likeness (QED) is 0.343. The highest BCUT2D eigenvalue weighted by Crippen LogP contribution is 2.30. The van der Waals surface area contributed by atoms with E-state index in [0.29, 0.717) is 14.8 Å². The number of hydrogen-bond donors (Lipinski definition) is 1.